The quantitative estimate of drug-likeness (QED) is 0.655. The van der Waals surface area contributed by atoms with Crippen molar-refractivity contribution in [2.24, 2.45) is 0 Å². The molecule has 1 amide bonds. The summed E-state index contributed by atoms with van der Waals surface area (Å²) in [4.78, 5) is 21.8. The zero-order valence-electron chi connectivity index (χ0n) is 10.4. The topological polar surface area (TPSA) is 105 Å². The minimum atomic E-state index is -1.61. The number of amides is 1. The Morgan fingerprint density at radius 3 is 2.85 bits per heavy atom. The molecule has 1 aromatic rings. The summed E-state index contributed by atoms with van der Waals surface area (Å²) >= 11 is 0. The van der Waals surface area contributed by atoms with E-state index in [1.807, 2.05) is 0 Å². The van der Waals surface area contributed by atoms with E-state index in [0.717, 1.165) is 5.56 Å². The molecule has 0 saturated carbocycles. The van der Waals surface area contributed by atoms with Crippen molar-refractivity contribution in [2.45, 2.75) is 6.10 Å². The molecule has 106 valence electrons. The summed E-state index contributed by atoms with van der Waals surface area (Å²) in [5, 5.41) is 19.7. The number of carboxylic acid groups (broad SMARTS) is 1. The van der Waals surface area contributed by atoms with Gasteiger partial charge in [-0.3, -0.25) is 4.79 Å². The van der Waals surface area contributed by atoms with Gasteiger partial charge < -0.3 is 25.0 Å². The van der Waals surface area contributed by atoms with Crippen LogP contribution in [0.1, 0.15) is 5.56 Å². The Kier molecular flexibility index (Phi) is 4.21. The molecule has 1 aliphatic rings. The predicted molar refractivity (Wildman–Crippen MR) is 68.3 cm³/mol. The molecule has 2 rings (SSSR count). The summed E-state index contributed by atoms with van der Waals surface area (Å²) in [6.07, 6.45) is 1.18. The Hall–Kier alpha value is -2.54. The van der Waals surface area contributed by atoms with E-state index in [0.29, 0.717) is 11.5 Å². The molecule has 20 heavy (non-hydrogen) atoms. The third-order valence-corrected chi connectivity index (χ3v) is 2.58. The molecule has 0 fully saturated rings. The third-order valence-electron chi connectivity index (χ3n) is 2.58. The van der Waals surface area contributed by atoms with Gasteiger partial charge in [0.25, 0.3) is 0 Å². The number of rotatable bonds is 5. The number of carboxylic acids is 1. The summed E-state index contributed by atoms with van der Waals surface area (Å²) in [5.41, 5.74) is 0.739. The van der Waals surface area contributed by atoms with Gasteiger partial charge in [-0.2, -0.15) is 0 Å². The van der Waals surface area contributed by atoms with Gasteiger partial charge >= 0.3 is 5.97 Å². The highest BCUT2D eigenvalue weighted by atomic mass is 16.7. The average molecular weight is 279 g/mol. The smallest absolute Gasteiger partial charge is 0.334 e. The van der Waals surface area contributed by atoms with E-state index >= 15 is 0 Å². The van der Waals surface area contributed by atoms with Gasteiger partial charge in [0.1, 0.15) is 0 Å². The number of carbonyl (C=O) groups is 2. The van der Waals surface area contributed by atoms with Crippen molar-refractivity contribution in [3.8, 4) is 11.5 Å². The van der Waals surface area contributed by atoms with Gasteiger partial charge in [-0.15, -0.1) is 0 Å². The Morgan fingerprint density at radius 1 is 1.35 bits per heavy atom. The lowest BCUT2D eigenvalue weighted by Crippen LogP contribution is -2.35. The lowest BCUT2D eigenvalue weighted by molar-refractivity contribution is -0.146. The van der Waals surface area contributed by atoms with Crippen LogP contribution in [0.4, 0.5) is 0 Å². The standard InChI is InChI=1S/C13H13NO6/c15-9(13(17)18)6-14-12(16)4-2-8-1-3-10-11(5-8)20-7-19-10/h1-5,9,15H,6-7H2,(H,14,16)(H,17,18). The molecule has 7 nitrogen and oxygen atoms in total. The number of aliphatic carboxylic acids is 1. The second-order valence-electron chi connectivity index (χ2n) is 4.05. The van der Waals surface area contributed by atoms with E-state index in [1.165, 1.54) is 6.08 Å². The number of carbonyl (C=O) groups excluding carboxylic acids is 1. The van der Waals surface area contributed by atoms with E-state index in [9.17, 15) is 9.59 Å². The van der Waals surface area contributed by atoms with Gasteiger partial charge in [0.05, 0.1) is 6.54 Å². The molecule has 3 N–H and O–H groups in total. The van der Waals surface area contributed by atoms with Crippen LogP contribution in [0.3, 0.4) is 0 Å². The molecule has 7 heteroatoms. The van der Waals surface area contributed by atoms with Crippen molar-refractivity contribution in [3.05, 3.63) is 29.8 Å². The lowest BCUT2D eigenvalue weighted by atomic mass is 10.2. The van der Waals surface area contributed by atoms with E-state index in [-0.39, 0.29) is 13.3 Å². The van der Waals surface area contributed by atoms with Gasteiger partial charge in [-0.05, 0) is 23.8 Å². The van der Waals surface area contributed by atoms with E-state index in [4.69, 9.17) is 19.7 Å². The molecule has 0 spiro atoms. The Bertz CT molecular complexity index is 554. The van der Waals surface area contributed by atoms with Crippen molar-refractivity contribution in [1.82, 2.24) is 5.32 Å². The first-order valence-electron chi connectivity index (χ1n) is 5.82. The molecular weight excluding hydrogens is 266 g/mol. The number of benzene rings is 1. The Balaban J connectivity index is 1.89. The highest BCUT2D eigenvalue weighted by Crippen LogP contribution is 2.32. The van der Waals surface area contributed by atoms with Crippen LogP contribution >= 0.6 is 0 Å². The second-order valence-corrected chi connectivity index (χ2v) is 4.05. The van der Waals surface area contributed by atoms with Crippen LogP contribution in [0.2, 0.25) is 0 Å². The zero-order chi connectivity index (χ0) is 14.5. The fourth-order valence-corrected chi connectivity index (χ4v) is 1.53. The van der Waals surface area contributed by atoms with Crippen LogP contribution in [-0.2, 0) is 9.59 Å². The lowest BCUT2D eigenvalue weighted by Gasteiger charge is -2.05. The molecule has 0 aliphatic carbocycles. The zero-order valence-corrected chi connectivity index (χ0v) is 10.4. The van der Waals surface area contributed by atoms with Crippen molar-refractivity contribution >= 4 is 18.0 Å². The fourth-order valence-electron chi connectivity index (χ4n) is 1.53. The maximum atomic E-state index is 11.4. The van der Waals surface area contributed by atoms with E-state index < -0.39 is 18.0 Å². The molecule has 1 aliphatic heterocycles. The van der Waals surface area contributed by atoms with Crippen molar-refractivity contribution < 1.29 is 29.3 Å². The first-order valence-corrected chi connectivity index (χ1v) is 5.82. The maximum absolute atomic E-state index is 11.4. The monoisotopic (exact) mass is 279 g/mol. The minimum Gasteiger partial charge on any atom is -0.479 e. The van der Waals surface area contributed by atoms with Crippen molar-refractivity contribution in [3.63, 3.8) is 0 Å². The summed E-state index contributed by atoms with van der Waals surface area (Å²) in [6.45, 7) is -0.171. The van der Waals surface area contributed by atoms with Crippen LogP contribution in [0.25, 0.3) is 6.08 Å². The molecule has 1 atom stereocenters. The number of fused-ring (bicyclic) bond motifs is 1. The first kappa shape index (κ1) is 13.9. The molecule has 0 aromatic heterocycles. The fraction of sp³-hybridized carbons (Fsp3) is 0.231. The highest BCUT2D eigenvalue weighted by Gasteiger charge is 2.14. The summed E-state index contributed by atoms with van der Waals surface area (Å²) < 4.78 is 10.4. The number of nitrogens with one attached hydrogen (secondary N) is 1. The second kappa shape index (κ2) is 6.07. The third kappa shape index (κ3) is 3.48. The van der Waals surface area contributed by atoms with Crippen molar-refractivity contribution in [1.29, 1.82) is 0 Å². The average Bonchev–Trinajstić information content (AvgIpc) is 2.89. The summed E-state index contributed by atoms with van der Waals surface area (Å²) in [5.74, 6) is -0.627. The van der Waals surface area contributed by atoms with Crippen LogP contribution in [0, 0.1) is 0 Å². The molecule has 1 heterocycles. The highest BCUT2D eigenvalue weighted by molar-refractivity contribution is 5.92. The molecule has 1 unspecified atom stereocenters. The van der Waals surface area contributed by atoms with Crippen molar-refractivity contribution in [2.75, 3.05) is 13.3 Å². The first-order chi connectivity index (χ1) is 9.56. The van der Waals surface area contributed by atoms with E-state index in [1.54, 1.807) is 24.3 Å². The van der Waals surface area contributed by atoms with Crippen LogP contribution in [-0.4, -0.2) is 41.5 Å². The molecule has 0 bridgehead atoms. The number of ether oxygens (including phenoxy) is 2. The van der Waals surface area contributed by atoms with Gasteiger partial charge in [0.2, 0.25) is 12.7 Å². The van der Waals surface area contributed by atoms with E-state index in [2.05, 4.69) is 5.32 Å². The molecular formula is C13H13NO6. The van der Waals surface area contributed by atoms with Gasteiger partial charge in [-0.1, -0.05) is 6.07 Å². The molecule has 0 radical (unpaired) electrons. The number of hydrogen-bond acceptors (Lipinski definition) is 5. The van der Waals surface area contributed by atoms with Crippen LogP contribution in [0.15, 0.2) is 24.3 Å². The number of hydrogen-bond donors (Lipinski definition) is 3. The Labute approximate surface area is 114 Å². The van der Waals surface area contributed by atoms with Crippen LogP contribution in [0.5, 0.6) is 11.5 Å². The summed E-state index contributed by atoms with van der Waals surface area (Å²) in [7, 11) is 0. The van der Waals surface area contributed by atoms with Gasteiger partial charge in [-0.25, -0.2) is 4.79 Å². The molecule has 1 aromatic carbocycles. The largest absolute Gasteiger partial charge is 0.479 e. The maximum Gasteiger partial charge on any atom is 0.334 e. The summed E-state index contributed by atoms with van der Waals surface area (Å²) in [6, 6.07) is 5.20. The molecule has 0 saturated heterocycles. The normalized spacial score (nSPS) is 14.2. The Morgan fingerprint density at radius 2 is 2.10 bits per heavy atom. The van der Waals surface area contributed by atoms with Crippen LogP contribution < -0.4 is 14.8 Å². The van der Waals surface area contributed by atoms with Gasteiger partial charge in [0.15, 0.2) is 17.6 Å². The number of aliphatic hydroxyl groups is 1. The predicted octanol–water partition coefficient (Wildman–Crippen LogP) is -0.00980. The van der Waals surface area contributed by atoms with Gasteiger partial charge in [0, 0.05) is 6.08 Å². The number of aliphatic hydroxyl groups excluding tert-OH is 1. The SMILES string of the molecule is O=C(C=Cc1ccc2c(c1)OCO2)NCC(O)C(=O)O. The minimum absolute atomic E-state index is 0.177.